The fourth-order valence-corrected chi connectivity index (χ4v) is 10.2. The van der Waals surface area contributed by atoms with Crippen LogP contribution >= 0.6 is 11.6 Å². The predicted molar refractivity (Wildman–Crippen MR) is 232 cm³/mol. The Kier molecular flexibility index (Phi) is 11.2. The van der Waals surface area contributed by atoms with E-state index in [1.54, 1.807) is 25.2 Å². The van der Waals surface area contributed by atoms with Gasteiger partial charge in [0.2, 0.25) is 11.8 Å². The number of hydrogen-bond acceptors (Lipinski definition) is 12. The molecule has 14 nitrogen and oxygen atoms in total. The maximum absolute atomic E-state index is 15.6. The molecule has 22 heteroatoms. The average Bonchev–Trinajstić information content (AvgIpc) is 4.15. The molecule has 348 valence electrons. The van der Waals surface area contributed by atoms with Gasteiger partial charge < -0.3 is 20.2 Å². The van der Waals surface area contributed by atoms with Crippen molar-refractivity contribution in [1.29, 1.82) is 5.41 Å². The van der Waals surface area contributed by atoms with Gasteiger partial charge in [-0.05, 0) is 87.8 Å². The quantitative estimate of drug-likeness (QED) is 0.0420. The Morgan fingerprint density at radius 1 is 1.09 bits per heavy atom. The smallest absolute Gasteiger partial charge is 0.321 e. The summed E-state index contributed by atoms with van der Waals surface area (Å²) in [7, 11) is -2.09. The zero-order chi connectivity index (χ0) is 48.0. The summed E-state index contributed by atoms with van der Waals surface area (Å²) in [6.45, 7) is 1.99. The second kappa shape index (κ2) is 16.4. The highest BCUT2D eigenvalue weighted by atomic mass is 35.5. The van der Waals surface area contributed by atoms with Crippen molar-refractivity contribution in [1.82, 2.24) is 35.6 Å². The second-order valence-corrected chi connectivity index (χ2v) is 20.5. The summed E-state index contributed by atoms with van der Waals surface area (Å²) in [5.41, 5.74) is -3.30. The Balaban J connectivity index is 1.15. The molecule has 0 unspecified atom stereocenters. The van der Waals surface area contributed by atoms with E-state index in [2.05, 4.69) is 54.9 Å². The SMILES string of the molecule is Cn1nc(Nc2nnc(C3(O)CC3)o2)c2c(Cl)ccc(-c3ccc(C#CC(C)(C)S(=O)(=O)C4CC4)nc3[C@H](Cc3cc(F)cc(F)c3)NC(=O)CNC3=C(C(=N)C(F)F)[C@H]4C#C[C@H]4C3(F)F)c21. The molecule has 0 spiro atoms. The lowest BCUT2D eigenvalue weighted by atomic mass is 9.82. The number of benzene rings is 2. The van der Waals surface area contributed by atoms with Gasteiger partial charge in [-0.15, -0.1) is 5.10 Å². The number of aliphatic hydroxyl groups is 1. The molecule has 2 saturated carbocycles. The third kappa shape index (κ3) is 8.37. The van der Waals surface area contributed by atoms with Crippen LogP contribution in [0, 0.1) is 52.6 Å². The van der Waals surface area contributed by atoms with E-state index in [9.17, 15) is 35.9 Å². The number of hydrogen-bond donors (Lipinski definition) is 5. The average molecular weight is 966 g/mol. The van der Waals surface area contributed by atoms with Gasteiger partial charge in [-0.2, -0.15) is 13.9 Å². The van der Waals surface area contributed by atoms with E-state index in [1.807, 2.05) is 0 Å². The number of aryl methyl sites for hydroxylation is 1. The van der Waals surface area contributed by atoms with Gasteiger partial charge in [0.05, 0.1) is 51.1 Å². The maximum Gasteiger partial charge on any atom is 0.321 e. The lowest BCUT2D eigenvalue weighted by Crippen LogP contribution is -2.41. The minimum absolute atomic E-state index is 0.00301. The molecule has 3 aromatic heterocycles. The first-order chi connectivity index (χ1) is 31.6. The standard InChI is InChI=1S/C45H38ClF6N9O5S/c1-43(2,67(64,65)25-5-6-25)13-12-24-4-7-26(27-9-11-30(46)34-37(27)61(3)60-40(34)57-42-59-58-41(66-42)44(63)14-15-44)36(55-24)31(18-21-16-22(47)19-23(48)17-21)56-32(62)20-54-38-33(35(53)39(49)50)28-8-10-29(28)45(38,51)52/h4,7,9,11,16-17,19,25,28-29,31,39,53-54,63H,5-6,14-15,18,20H2,1-3H3,(H,56,62)(H,57,59,60)/t28-,29+,31-/m0/s1. The molecule has 67 heavy (non-hydrogen) atoms. The number of allylic oxidation sites excluding steroid dienone is 2. The number of nitrogens with zero attached hydrogens (tertiary/aromatic N) is 5. The van der Waals surface area contributed by atoms with Crippen LogP contribution in [0.4, 0.5) is 38.2 Å². The fraction of sp³-hybridized carbons (Fsp3) is 0.378. The zero-order valence-electron chi connectivity index (χ0n) is 35.5. The topological polar surface area (TPSA) is 201 Å². The van der Waals surface area contributed by atoms with Gasteiger partial charge in [0.15, 0.2) is 15.7 Å². The Hall–Kier alpha value is -6.42. The van der Waals surface area contributed by atoms with Gasteiger partial charge in [0.1, 0.15) is 39.3 Å². The van der Waals surface area contributed by atoms with Gasteiger partial charge in [0.25, 0.3) is 6.43 Å². The van der Waals surface area contributed by atoms with E-state index in [0.717, 1.165) is 12.1 Å². The molecule has 2 aromatic carbocycles. The molecule has 3 atom stereocenters. The molecule has 4 aliphatic rings. The number of nitrogens with one attached hydrogen (secondary N) is 4. The van der Waals surface area contributed by atoms with Crippen molar-refractivity contribution in [3.8, 4) is 34.8 Å². The van der Waals surface area contributed by atoms with Crippen LogP contribution in [0.15, 0.2) is 58.2 Å². The molecule has 4 aliphatic carbocycles. The number of amides is 1. The van der Waals surface area contributed by atoms with E-state index in [0.29, 0.717) is 48.2 Å². The van der Waals surface area contributed by atoms with Crippen LogP contribution in [-0.2, 0) is 33.7 Å². The first-order valence-corrected chi connectivity index (χ1v) is 22.8. The summed E-state index contributed by atoms with van der Waals surface area (Å²) < 4.78 is 120. The molecule has 0 saturated heterocycles. The molecule has 5 aromatic rings. The number of aromatic nitrogens is 5. The lowest BCUT2D eigenvalue weighted by Gasteiger charge is -2.25. The highest BCUT2D eigenvalue weighted by Crippen LogP contribution is 2.51. The number of carbonyl (C=O) groups excluding carboxylic acids is 1. The maximum atomic E-state index is 15.6. The number of carbonyl (C=O) groups is 1. The molecular weight excluding hydrogens is 928 g/mol. The molecule has 3 heterocycles. The fourth-order valence-electron chi connectivity index (χ4n) is 8.20. The lowest BCUT2D eigenvalue weighted by molar-refractivity contribution is -0.121. The first-order valence-electron chi connectivity index (χ1n) is 20.8. The largest absolute Gasteiger partial charge is 0.405 e. The van der Waals surface area contributed by atoms with Crippen LogP contribution in [0.2, 0.25) is 5.02 Å². The van der Waals surface area contributed by atoms with Crippen molar-refractivity contribution in [2.75, 3.05) is 11.9 Å². The first kappa shape index (κ1) is 45.7. The number of fused-ring (bicyclic) bond motifs is 2. The summed E-state index contributed by atoms with van der Waals surface area (Å²) >= 11 is 6.81. The highest BCUT2D eigenvalue weighted by Gasteiger charge is 2.59. The summed E-state index contributed by atoms with van der Waals surface area (Å²) in [5, 5.41) is 38.8. The van der Waals surface area contributed by atoms with E-state index >= 15 is 8.78 Å². The number of alkyl halides is 4. The summed E-state index contributed by atoms with van der Waals surface area (Å²) in [5.74, 6) is 0.739. The van der Waals surface area contributed by atoms with Crippen molar-refractivity contribution in [3.63, 3.8) is 0 Å². The number of sulfone groups is 1. The van der Waals surface area contributed by atoms with Crippen molar-refractivity contribution >= 4 is 55.8 Å². The van der Waals surface area contributed by atoms with E-state index in [-0.39, 0.29) is 51.7 Å². The van der Waals surface area contributed by atoms with Crippen LogP contribution < -0.4 is 16.0 Å². The predicted octanol–water partition coefficient (Wildman–Crippen LogP) is 6.81. The Labute approximate surface area is 383 Å². The summed E-state index contributed by atoms with van der Waals surface area (Å²) in [6, 6.07) is 7.43. The molecule has 1 amide bonds. The van der Waals surface area contributed by atoms with Crippen molar-refractivity contribution < 1.29 is 49.1 Å². The molecule has 0 bridgehead atoms. The van der Waals surface area contributed by atoms with Crippen molar-refractivity contribution in [2.45, 2.75) is 79.9 Å². The number of pyridine rings is 1. The Morgan fingerprint density at radius 3 is 2.43 bits per heavy atom. The van der Waals surface area contributed by atoms with Gasteiger partial charge in [-0.1, -0.05) is 40.5 Å². The number of halogens is 7. The van der Waals surface area contributed by atoms with Crippen LogP contribution in [-0.4, -0.2) is 79.0 Å². The number of rotatable bonds is 15. The van der Waals surface area contributed by atoms with E-state index < -0.39 is 96.7 Å². The molecule has 0 radical (unpaired) electrons. The zero-order valence-corrected chi connectivity index (χ0v) is 37.1. The third-order valence-electron chi connectivity index (χ3n) is 12.1. The van der Waals surface area contributed by atoms with Gasteiger partial charge in [-0.25, -0.2) is 31.0 Å². The normalized spacial score (nSPS) is 19.5. The molecule has 9 rings (SSSR count). The van der Waals surface area contributed by atoms with E-state index in [4.69, 9.17) is 26.4 Å². The summed E-state index contributed by atoms with van der Waals surface area (Å²) in [6.07, 6.45) is -1.90. The second-order valence-electron chi connectivity index (χ2n) is 17.3. The van der Waals surface area contributed by atoms with Crippen molar-refractivity contribution in [2.24, 2.45) is 18.9 Å². The summed E-state index contributed by atoms with van der Waals surface area (Å²) in [4.78, 5) is 18.8. The van der Waals surface area contributed by atoms with Gasteiger partial charge >= 0.3 is 11.9 Å². The minimum Gasteiger partial charge on any atom is -0.405 e. The molecular formula is C45H38ClF6N9O5S. The molecule has 2 fully saturated rings. The van der Waals surface area contributed by atoms with Crippen LogP contribution in [0.5, 0.6) is 0 Å². The third-order valence-corrected chi connectivity index (χ3v) is 15.3. The molecule has 0 aliphatic heterocycles. The van der Waals surface area contributed by atoms with Crippen molar-refractivity contribution in [3.05, 3.63) is 93.2 Å². The van der Waals surface area contributed by atoms with Crippen LogP contribution in [0.25, 0.3) is 22.0 Å². The van der Waals surface area contributed by atoms with Crippen LogP contribution in [0.1, 0.15) is 68.4 Å². The highest BCUT2D eigenvalue weighted by molar-refractivity contribution is 7.93. The minimum atomic E-state index is -3.81. The van der Waals surface area contributed by atoms with Crippen LogP contribution in [0.3, 0.4) is 0 Å². The Morgan fingerprint density at radius 2 is 1.79 bits per heavy atom. The molecule has 5 N–H and O–H groups in total. The monoisotopic (exact) mass is 965 g/mol. The Bertz CT molecular complexity index is 3180. The van der Waals surface area contributed by atoms with Gasteiger partial charge in [0, 0.05) is 29.8 Å². The van der Waals surface area contributed by atoms with Gasteiger partial charge in [-0.3, -0.25) is 20.2 Å². The van der Waals surface area contributed by atoms with E-state index in [1.165, 1.54) is 24.6 Å². The number of anilines is 2.